The van der Waals surface area contributed by atoms with Gasteiger partial charge in [0, 0.05) is 56.0 Å². The van der Waals surface area contributed by atoms with Crippen LogP contribution in [-0.4, -0.2) is 86.3 Å². The van der Waals surface area contributed by atoms with Crippen molar-refractivity contribution in [1.29, 1.82) is 0 Å². The summed E-state index contributed by atoms with van der Waals surface area (Å²) >= 11 is 0. The molecule has 0 spiro atoms. The van der Waals surface area contributed by atoms with Crippen molar-refractivity contribution in [2.24, 2.45) is 0 Å². The molecule has 1 saturated heterocycles. The molecule has 1 aliphatic carbocycles. The molecule has 39 heavy (non-hydrogen) atoms. The lowest BCUT2D eigenvalue weighted by Crippen LogP contribution is -2.36. The van der Waals surface area contributed by atoms with Crippen LogP contribution in [0.4, 0.5) is 5.95 Å². The molecular weight excluding hydrogens is 516 g/mol. The monoisotopic (exact) mass is 556 g/mol. The highest BCUT2D eigenvalue weighted by Gasteiger charge is 2.28. The highest BCUT2D eigenvalue weighted by Crippen LogP contribution is 2.38. The van der Waals surface area contributed by atoms with Gasteiger partial charge in [0.25, 0.3) is 0 Å². The maximum absolute atomic E-state index is 11.7. The predicted molar refractivity (Wildman–Crippen MR) is 152 cm³/mol. The Kier molecular flexibility index (Phi) is 8.82. The number of aromatic nitrogens is 3. The predicted octanol–water partition coefficient (Wildman–Crippen LogP) is 3.25. The zero-order valence-electron chi connectivity index (χ0n) is 23.1. The zero-order valence-corrected chi connectivity index (χ0v) is 23.9. The maximum Gasteiger partial charge on any atom is 0.241 e. The minimum absolute atomic E-state index is 0.0114. The van der Waals surface area contributed by atoms with E-state index in [9.17, 15) is 8.42 Å². The van der Waals surface area contributed by atoms with Gasteiger partial charge in [0.2, 0.25) is 16.0 Å². The molecule has 3 heterocycles. The third-order valence-electron chi connectivity index (χ3n) is 7.64. The van der Waals surface area contributed by atoms with E-state index in [1.165, 1.54) is 11.8 Å². The number of nitrogens with one attached hydrogen (secondary N) is 2. The summed E-state index contributed by atoms with van der Waals surface area (Å²) in [5, 5.41) is 8.24. The van der Waals surface area contributed by atoms with Gasteiger partial charge in [0.15, 0.2) is 0 Å². The molecule has 11 heteroatoms. The first-order valence-electron chi connectivity index (χ1n) is 13.8. The maximum atomic E-state index is 11.7. The Morgan fingerprint density at radius 3 is 2.51 bits per heavy atom. The van der Waals surface area contributed by atoms with Gasteiger partial charge in [0.05, 0.1) is 37.8 Å². The molecule has 0 radical (unpaired) electrons. The number of benzene rings is 1. The molecule has 3 aromatic rings. The van der Waals surface area contributed by atoms with Crippen LogP contribution in [0.3, 0.4) is 0 Å². The molecule has 2 fully saturated rings. The van der Waals surface area contributed by atoms with Crippen molar-refractivity contribution < 1.29 is 17.9 Å². The standard InChI is InChI=1S/C28H40N6O4S/c1-20(19-37-2)30-28-29-17-27-25(22-6-4-21(5-7-22)18-33-12-14-38-15-13-33)16-26(34(27)31-28)23-8-10-24(11-9-23)32-39(3,35)36/h4-7,16-17,20,23-24,32H,8-15,18-19H2,1-3H3,(H,30,31)/t20-,23-,24-/m0/s1. The summed E-state index contributed by atoms with van der Waals surface area (Å²) in [6, 6.07) is 11.1. The summed E-state index contributed by atoms with van der Waals surface area (Å²) in [6.45, 7) is 7.04. The van der Waals surface area contributed by atoms with Crippen LogP contribution in [0.5, 0.6) is 0 Å². The smallest absolute Gasteiger partial charge is 0.241 e. The molecule has 1 atom stereocenters. The second-order valence-electron chi connectivity index (χ2n) is 10.9. The van der Waals surface area contributed by atoms with E-state index < -0.39 is 10.0 Å². The fourth-order valence-corrected chi connectivity index (χ4v) is 6.57. The molecule has 2 N–H and O–H groups in total. The minimum Gasteiger partial charge on any atom is -0.383 e. The quantitative estimate of drug-likeness (QED) is 0.392. The molecule has 1 saturated carbocycles. The number of methoxy groups -OCH3 is 1. The number of hydrogen-bond acceptors (Lipinski definition) is 8. The van der Waals surface area contributed by atoms with Gasteiger partial charge in [-0.1, -0.05) is 24.3 Å². The summed E-state index contributed by atoms with van der Waals surface area (Å²) in [5.41, 5.74) is 5.63. The Morgan fingerprint density at radius 2 is 1.85 bits per heavy atom. The summed E-state index contributed by atoms with van der Waals surface area (Å²) < 4.78 is 39.0. The number of morpholine rings is 1. The van der Waals surface area contributed by atoms with E-state index in [0.29, 0.717) is 12.6 Å². The van der Waals surface area contributed by atoms with Crippen molar-refractivity contribution in [2.75, 3.05) is 51.6 Å². The molecule has 0 amide bonds. The van der Waals surface area contributed by atoms with Crippen LogP contribution < -0.4 is 10.0 Å². The SMILES string of the molecule is COC[C@H](C)Nc1ncc2c(-c3ccc(CN4CCOCC4)cc3)cc([C@H]3CC[C@H](NS(C)(=O)=O)CC3)n2n1. The fourth-order valence-electron chi connectivity index (χ4n) is 5.73. The number of fused-ring (bicyclic) bond motifs is 1. The van der Waals surface area contributed by atoms with Crippen molar-refractivity contribution in [1.82, 2.24) is 24.2 Å². The molecule has 212 valence electrons. The molecule has 10 nitrogen and oxygen atoms in total. The van der Waals surface area contributed by atoms with Crippen LogP contribution >= 0.6 is 0 Å². The minimum atomic E-state index is -3.21. The first kappa shape index (κ1) is 28.0. The lowest BCUT2D eigenvalue weighted by Gasteiger charge is -2.28. The van der Waals surface area contributed by atoms with E-state index >= 15 is 0 Å². The Hall–Kier alpha value is -2.57. The highest BCUT2D eigenvalue weighted by atomic mass is 32.2. The molecule has 0 unspecified atom stereocenters. The number of anilines is 1. The molecule has 1 aromatic carbocycles. The normalized spacial score (nSPS) is 21.7. The lowest BCUT2D eigenvalue weighted by atomic mass is 9.84. The van der Waals surface area contributed by atoms with Crippen molar-refractivity contribution in [3.05, 3.63) is 47.8 Å². The average Bonchev–Trinajstić information content (AvgIpc) is 3.28. The molecule has 5 rings (SSSR count). The van der Waals surface area contributed by atoms with Gasteiger partial charge in [-0.15, -0.1) is 5.10 Å². The van der Waals surface area contributed by atoms with Gasteiger partial charge >= 0.3 is 0 Å². The molecule has 0 bridgehead atoms. The van der Waals surface area contributed by atoms with E-state index in [4.69, 9.17) is 14.6 Å². The number of hydrogen-bond donors (Lipinski definition) is 2. The van der Waals surface area contributed by atoms with Crippen LogP contribution in [0.25, 0.3) is 16.6 Å². The summed E-state index contributed by atoms with van der Waals surface area (Å²) in [4.78, 5) is 7.05. The molecule has 1 aliphatic heterocycles. The van der Waals surface area contributed by atoms with E-state index in [-0.39, 0.29) is 18.0 Å². The second-order valence-corrected chi connectivity index (χ2v) is 12.7. The topological polar surface area (TPSA) is 110 Å². The van der Waals surface area contributed by atoms with Crippen molar-refractivity contribution in [3.8, 4) is 11.1 Å². The van der Waals surface area contributed by atoms with Gasteiger partial charge in [0.1, 0.15) is 0 Å². The number of ether oxygens (including phenoxy) is 2. The Bertz CT molecular complexity index is 1350. The molecule has 2 aliphatic rings. The van der Waals surface area contributed by atoms with Crippen LogP contribution in [0, 0.1) is 0 Å². The van der Waals surface area contributed by atoms with Crippen LogP contribution in [0.15, 0.2) is 36.5 Å². The van der Waals surface area contributed by atoms with Crippen molar-refractivity contribution >= 4 is 21.5 Å². The lowest BCUT2D eigenvalue weighted by molar-refractivity contribution is 0.0342. The first-order chi connectivity index (χ1) is 18.8. The van der Waals surface area contributed by atoms with Gasteiger partial charge in [-0.05, 0) is 49.8 Å². The van der Waals surface area contributed by atoms with Crippen LogP contribution in [0.1, 0.15) is 49.8 Å². The van der Waals surface area contributed by atoms with E-state index in [1.54, 1.807) is 7.11 Å². The van der Waals surface area contributed by atoms with Gasteiger partial charge in [-0.25, -0.2) is 22.6 Å². The average molecular weight is 557 g/mol. The third kappa shape index (κ3) is 7.15. The first-order valence-corrected chi connectivity index (χ1v) is 15.7. The van der Waals surface area contributed by atoms with Crippen molar-refractivity contribution in [3.63, 3.8) is 0 Å². The fraction of sp³-hybridized carbons (Fsp3) is 0.571. The summed E-state index contributed by atoms with van der Waals surface area (Å²) in [7, 11) is -1.53. The Labute approximate surface area is 231 Å². The van der Waals surface area contributed by atoms with Gasteiger partial charge in [-0.2, -0.15) is 0 Å². The molecule has 2 aromatic heterocycles. The summed E-state index contributed by atoms with van der Waals surface area (Å²) in [5.74, 6) is 0.840. The third-order valence-corrected chi connectivity index (χ3v) is 8.40. The Balaban J connectivity index is 1.42. The number of sulfonamides is 1. The zero-order chi connectivity index (χ0) is 27.4. The molecular formula is C28H40N6O4S. The largest absolute Gasteiger partial charge is 0.383 e. The van der Waals surface area contributed by atoms with Crippen LogP contribution in [-0.2, 0) is 26.0 Å². The van der Waals surface area contributed by atoms with E-state index in [2.05, 4.69) is 50.3 Å². The Morgan fingerprint density at radius 1 is 1.13 bits per heavy atom. The summed E-state index contributed by atoms with van der Waals surface area (Å²) in [6.07, 6.45) is 6.52. The highest BCUT2D eigenvalue weighted by molar-refractivity contribution is 7.88. The van der Waals surface area contributed by atoms with E-state index in [0.717, 1.165) is 80.9 Å². The van der Waals surface area contributed by atoms with Crippen molar-refractivity contribution in [2.45, 2.75) is 57.2 Å². The van der Waals surface area contributed by atoms with E-state index in [1.807, 2.05) is 17.6 Å². The second kappa shape index (κ2) is 12.3. The van der Waals surface area contributed by atoms with Gasteiger partial charge in [-0.3, -0.25) is 4.90 Å². The number of rotatable bonds is 10. The number of nitrogens with zero attached hydrogens (tertiary/aromatic N) is 4. The van der Waals surface area contributed by atoms with Gasteiger partial charge < -0.3 is 14.8 Å². The van der Waals surface area contributed by atoms with Crippen LogP contribution in [0.2, 0.25) is 0 Å².